The number of rotatable bonds is 5. The highest BCUT2D eigenvalue weighted by atomic mass is 16.1. The number of nitrogens with one attached hydrogen (secondary N) is 1. The molecule has 2 aromatic rings. The SMILES string of the molecule is O=C(Nc1ccccc1N1CCCCC1)C1CCC2(CCN(Cc3ccccc3)CC2)C1. The van der Waals surface area contributed by atoms with Gasteiger partial charge < -0.3 is 10.2 Å². The van der Waals surface area contributed by atoms with E-state index in [0.29, 0.717) is 5.41 Å². The summed E-state index contributed by atoms with van der Waals surface area (Å²) in [7, 11) is 0. The monoisotopic (exact) mass is 431 g/mol. The number of carbonyl (C=O) groups is 1. The molecule has 5 rings (SSSR count). The van der Waals surface area contributed by atoms with E-state index >= 15 is 0 Å². The minimum atomic E-state index is 0.157. The molecule has 1 N–H and O–H groups in total. The average molecular weight is 432 g/mol. The van der Waals surface area contributed by atoms with E-state index in [4.69, 9.17) is 0 Å². The summed E-state index contributed by atoms with van der Waals surface area (Å²) in [6, 6.07) is 19.2. The summed E-state index contributed by atoms with van der Waals surface area (Å²) in [6.45, 7) is 5.55. The molecule has 2 saturated heterocycles. The molecule has 3 fully saturated rings. The van der Waals surface area contributed by atoms with Crippen molar-refractivity contribution in [2.24, 2.45) is 11.3 Å². The minimum absolute atomic E-state index is 0.157. The Morgan fingerprint density at radius 3 is 2.38 bits per heavy atom. The molecule has 1 saturated carbocycles. The van der Waals surface area contributed by atoms with Crippen LogP contribution in [0.15, 0.2) is 54.6 Å². The van der Waals surface area contributed by atoms with Crippen molar-refractivity contribution in [2.45, 2.75) is 57.9 Å². The molecule has 0 radical (unpaired) electrons. The highest BCUT2D eigenvalue weighted by Gasteiger charge is 2.43. The molecular weight excluding hydrogens is 394 g/mol. The molecule has 1 aliphatic carbocycles. The number of para-hydroxylation sites is 2. The van der Waals surface area contributed by atoms with Gasteiger partial charge in [-0.1, -0.05) is 42.5 Å². The molecule has 32 heavy (non-hydrogen) atoms. The second-order valence-corrected chi connectivity index (χ2v) is 10.3. The van der Waals surface area contributed by atoms with Crippen LogP contribution in [0.2, 0.25) is 0 Å². The van der Waals surface area contributed by atoms with Gasteiger partial charge in [0.25, 0.3) is 0 Å². The number of hydrogen-bond donors (Lipinski definition) is 1. The van der Waals surface area contributed by atoms with Gasteiger partial charge in [0.15, 0.2) is 0 Å². The molecule has 1 amide bonds. The lowest BCUT2D eigenvalue weighted by molar-refractivity contribution is -0.120. The van der Waals surface area contributed by atoms with Gasteiger partial charge in [-0.2, -0.15) is 0 Å². The second-order valence-electron chi connectivity index (χ2n) is 10.3. The van der Waals surface area contributed by atoms with E-state index in [-0.39, 0.29) is 11.8 Å². The lowest BCUT2D eigenvalue weighted by atomic mass is 9.76. The van der Waals surface area contributed by atoms with Gasteiger partial charge in [-0.05, 0) is 87.6 Å². The third-order valence-electron chi connectivity index (χ3n) is 8.10. The second kappa shape index (κ2) is 9.66. The zero-order chi connectivity index (χ0) is 21.8. The summed E-state index contributed by atoms with van der Waals surface area (Å²) in [5.74, 6) is 0.392. The Kier molecular flexibility index (Phi) is 6.49. The molecule has 170 valence electrons. The van der Waals surface area contributed by atoms with Crippen LogP contribution in [0, 0.1) is 11.3 Å². The van der Waals surface area contributed by atoms with Crippen molar-refractivity contribution >= 4 is 17.3 Å². The Bertz CT molecular complexity index is 898. The Morgan fingerprint density at radius 2 is 1.59 bits per heavy atom. The molecule has 1 unspecified atom stereocenters. The van der Waals surface area contributed by atoms with Crippen LogP contribution in [0.25, 0.3) is 0 Å². The molecule has 3 aliphatic rings. The van der Waals surface area contributed by atoms with Crippen LogP contribution in [0.4, 0.5) is 11.4 Å². The van der Waals surface area contributed by atoms with Crippen LogP contribution < -0.4 is 10.2 Å². The van der Waals surface area contributed by atoms with Gasteiger partial charge >= 0.3 is 0 Å². The fourth-order valence-corrected chi connectivity index (χ4v) is 6.14. The summed E-state index contributed by atoms with van der Waals surface area (Å²) in [5, 5.41) is 3.32. The number of nitrogens with zero attached hydrogens (tertiary/aromatic N) is 2. The smallest absolute Gasteiger partial charge is 0.227 e. The number of carbonyl (C=O) groups excluding carboxylic acids is 1. The molecule has 1 spiro atoms. The first-order chi connectivity index (χ1) is 15.7. The Labute approximate surface area is 193 Å². The molecular formula is C28H37N3O. The number of benzene rings is 2. The molecule has 0 bridgehead atoms. The number of anilines is 2. The lowest BCUT2D eigenvalue weighted by Crippen LogP contribution is -2.39. The maximum Gasteiger partial charge on any atom is 0.227 e. The van der Waals surface area contributed by atoms with Gasteiger partial charge in [0, 0.05) is 25.6 Å². The predicted molar refractivity (Wildman–Crippen MR) is 132 cm³/mol. The maximum absolute atomic E-state index is 13.2. The molecule has 2 heterocycles. The van der Waals surface area contributed by atoms with Crippen LogP contribution >= 0.6 is 0 Å². The molecule has 2 aliphatic heterocycles. The Balaban J connectivity index is 1.16. The van der Waals surface area contributed by atoms with Crippen molar-refractivity contribution in [3.63, 3.8) is 0 Å². The largest absolute Gasteiger partial charge is 0.370 e. The quantitative estimate of drug-likeness (QED) is 0.660. The predicted octanol–water partition coefficient (Wildman–Crippen LogP) is 5.70. The van der Waals surface area contributed by atoms with E-state index in [1.54, 1.807) is 0 Å². The van der Waals surface area contributed by atoms with Gasteiger partial charge in [-0.15, -0.1) is 0 Å². The van der Waals surface area contributed by atoms with Crippen molar-refractivity contribution in [3.05, 3.63) is 60.2 Å². The molecule has 0 aromatic heterocycles. The zero-order valence-corrected chi connectivity index (χ0v) is 19.3. The van der Waals surface area contributed by atoms with E-state index in [2.05, 4.69) is 63.6 Å². The van der Waals surface area contributed by atoms with Gasteiger partial charge in [0.05, 0.1) is 11.4 Å². The average Bonchev–Trinajstić information content (AvgIpc) is 3.26. The van der Waals surface area contributed by atoms with E-state index in [1.807, 2.05) is 6.07 Å². The van der Waals surface area contributed by atoms with Gasteiger partial charge in [-0.3, -0.25) is 9.69 Å². The summed E-state index contributed by atoms with van der Waals surface area (Å²) < 4.78 is 0. The van der Waals surface area contributed by atoms with Crippen molar-refractivity contribution in [1.82, 2.24) is 4.90 Å². The van der Waals surface area contributed by atoms with E-state index in [0.717, 1.165) is 51.3 Å². The lowest BCUT2D eigenvalue weighted by Gasteiger charge is -2.39. The first kappa shape index (κ1) is 21.5. The third kappa shape index (κ3) is 4.85. The standard InChI is InChI=1S/C28H37N3O/c32-27(29-25-11-5-6-12-26(25)31-17-7-2-8-18-31)24-13-14-28(21-24)15-19-30(20-16-28)22-23-9-3-1-4-10-23/h1,3-6,9-12,24H,2,7-8,13-22H2,(H,29,32). The number of amides is 1. The summed E-state index contributed by atoms with van der Waals surface area (Å²) >= 11 is 0. The highest BCUT2D eigenvalue weighted by Crippen LogP contribution is 2.49. The van der Waals surface area contributed by atoms with E-state index < -0.39 is 0 Å². The molecule has 4 nitrogen and oxygen atoms in total. The summed E-state index contributed by atoms with van der Waals surface area (Å²) in [6.07, 6.45) is 9.57. The molecule has 4 heteroatoms. The van der Waals surface area contributed by atoms with Crippen LogP contribution in [0.1, 0.15) is 56.9 Å². The van der Waals surface area contributed by atoms with Gasteiger partial charge in [-0.25, -0.2) is 0 Å². The minimum Gasteiger partial charge on any atom is -0.370 e. The van der Waals surface area contributed by atoms with Gasteiger partial charge in [0.1, 0.15) is 0 Å². The van der Waals surface area contributed by atoms with E-state index in [9.17, 15) is 4.79 Å². The van der Waals surface area contributed by atoms with Crippen LogP contribution in [-0.2, 0) is 11.3 Å². The highest BCUT2D eigenvalue weighted by molar-refractivity contribution is 5.96. The number of piperidine rings is 2. The van der Waals surface area contributed by atoms with Crippen LogP contribution in [0.5, 0.6) is 0 Å². The summed E-state index contributed by atoms with van der Waals surface area (Å²) in [4.78, 5) is 18.3. The van der Waals surface area contributed by atoms with Crippen molar-refractivity contribution < 1.29 is 4.79 Å². The Hall–Kier alpha value is -2.33. The molecule has 2 aromatic carbocycles. The summed E-state index contributed by atoms with van der Waals surface area (Å²) in [5.41, 5.74) is 3.97. The topological polar surface area (TPSA) is 35.6 Å². The molecule has 1 atom stereocenters. The number of likely N-dealkylation sites (tertiary alicyclic amines) is 1. The third-order valence-corrected chi connectivity index (χ3v) is 8.10. The van der Waals surface area contributed by atoms with Crippen molar-refractivity contribution in [3.8, 4) is 0 Å². The van der Waals surface area contributed by atoms with Crippen molar-refractivity contribution in [1.29, 1.82) is 0 Å². The fraction of sp³-hybridized carbons (Fsp3) is 0.536. The van der Waals surface area contributed by atoms with Crippen LogP contribution in [-0.4, -0.2) is 37.0 Å². The van der Waals surface area contributed by atoms with Crippen LogP contribution in [0.3, 0.4) is 0 Å². The fourth-order valence-electron chi connectivity index (χ4n) is 6.14. The maximum atomic E-state index is 13.2. The first-order valence-electron chi connectivity index (χ1n) is 12.6. The normalized spacial score (nSPS) is 23.4. The zero-order valence-electron chi connectivity index (χ0n) is 19.3. The number of hydrogen-bond acceptors (Lipinski definition) is 3. The van der Waals surface area contributed by atoms with Crippen molar-refractivity contribution in [2.75, 3.05) is 36.4 Å². The first-order valence-corrected chi connectivity index (χ1v) is 12.6. The Morgan fingerprint density at radius 1 is 0.875 bits per heavy atom. The van der Waals surface area contributed by atoms with Gasteiger partial charge in [0.2, 0.25) is 5.91 Å². The van der Waals surface area contributed by atoms with E-state index in [1.165, 1.54) is 49.8 Å².